The van der Waals surface area contributed by atoms with Crippen LogP contribution < -0.4 is 16.0 Å². The summed E-state index contributed by atoms with van der Waals surface area (Å²) in [5, 5.41) is 3.54. The van der Waals surface area contributed by atoms with Crippen LogP contribution in [-0.2, 0) is 0 Å². The van der Waals surface area contributed by atoms with E-state index in [1.54, 1.807) is 12.3 Å². The normalized spacial score (nSPS) is 16.4. The molecule has 1 amide bonds. The van der Waals surface area contributed by atoms with Gasteiger partial charge < -0.3 is 16.0 Å². The highest BCUT2D eigenvalue weighted by Crippen LogP contribution is 2.21. The summed E-state index contributed by atoms with van der Waals surface area (Å²) in [5.41, 5.74) is 5.69. The van der Waals surface area contributed by atoms with Gasteiger partial charge in [0.15, 0.2) is 0 Å². The van der Waals surface area contributed by atoms with Crippen molar-refractivity contribution in [2.45, 2.75) is 26.7 Å². The number of anilines is 1. The molecule has 2 rings (SSSR count). The van der Waals surface area contributed by atoms with Crippen LogP contribution in [-0.4, -0.2) is 37.1 Å². The summed E-state index contributed by atoms with van der Waals surface area (Å²) >= 11 is 0. The highest BCUT2D eigenvalue weighted by Gasteiger charge is 2.20. The number of nitrogens with two attached hydrogens (primary N) is 1. The van der Waals surface area contributed by atoms with Crippen molar-refractivity contribution >= 4 is 11.7 Å². The van der Waals surface area contributed by atoms with Gasteiger partial charge >= 0.3 is 0 Å². The number of nitrogens with zero attached hydrogens (tertiary/aromatic N) is 2. The molecule has 21 heavy (non-hydrogen) atoms. The van der Waals surface area contributed by atoms with Gasteiger partial charge in [-0.25, -0.2) is 4.98 Å². The van der Waals surface area contributed by atoms with Crippen molar-refractivity contribution in [3.63, 3.8) is 0 Å². The van der Waals surface area contributed by atoms with Gasteiger partial charge in [-0.05, 0) is 49.9 Å². The third-order valence-corrected chi connectivity index (χ3v) is 3.96. The van der Waals surface area contributed by atoms with E-state index in [9.17, 15) is 4.79 Å². The lowest BCUT2D eigenvalue weighted by Gasteiger charge is -2.33. The van der Waals surface area contributed by atoms with Crippen LogP contribution >= 0.6 is 0 Å². The second-order valence-corrected chi connectivity index (χ2v) is 6.25. The lowest BCUT2D eigenvalue weighted by atomic mass is 9.96. The second kappa shape index (κ2) is 7.41. The van der Waals surface area contributed by atoms with Crippen LogP contribution in [0.5, 0.6) is 0 Å². The van der Waals surface area contributed by atoms with Crippen molar-refractivity contribution < 1.29 is 4.79 Å². The summed E-state index contributed by atoms with van der Waals surface area (Å²) in [4.78, 5) is 17.7. The summed E-state index contributed by atoms with van der Waals surface area (Å²) in [7, 11) is 0. The molecule has 1 aliphatic heterocycles. The lowest BCUT2D eigenvalue weighted by molar-refractivity contribution is 0.1000. The van der Waals surface area contributed by atoms with Gasteiger partial charge in [0.25, 0.3) is 0 Å². The van der Waals surface area contributed by atoms with Crippen molar-refractivity contribution in [2.75, 3.05) is 31.1 Å². The second-order valence-electron chi connectivity index (χ2n) is 6.25. The van der Waals surface area contributed by atoms with Crippen LogP contribution in [0.25, 0.3) is 0 Å². The Labute approximate surface area is 126 Å². The van der Waals surface area contributed by atoms with Crippen LogP contribution in [0.1, 0.15) is 37.0 Å². The van der Waals surface area contributed by atoms with Gasteiger partial charge in [0.05, 0.1) is 5.56 Å². The summed E-state index contributed by atoms with van der Waals surface area (Å²) in [6, 6.07) is 3.64. The van der Waals surface area contributed by atoms with Gasteiger partial charge in [0, 0.05) is 19.3 Å². The van der Waals surface area contributed by atoms with Crippen LogP contribution in [0.3, 0.4) is 0 Å². The fourth-order valence-electron chi connectivity index (χ4n) is 2.66. The molecule has 5 heteroatoms. The number of rotatable bonds is 6. The number of pyridine rings is 1. The number of hydrogen-bond acceptors (Lipinski definition) is 4. The van der Waals surface area contributed by atoms with Gasteiger partial charge in [-0.2, -0.15) is 0 Å². The molecule has 0 atom stereocenters. The Morgan fingerprint density at radius 2 is 2.14 bits per heavy atom. The molecule has 1 aromatic rings. The molecule has 2 heterocycles. The van der Waals surface area contributed by atoms with Gasteiger partial charge in [-0.1, -0.05) is 13.8 Å². The molecular formula is C16H26N4O. The van der Waals surface area contributed by atoms with Crippen LogP contribution in [0.2, 0.25) is 0 Å². The SMILES string of the molecule is CC(C)CNCC1CCN(c2ccc(C(N)=O)cn2)CC1. The molecule has 0 bridgehead atoms. The van der Waals surface area contributed by atoms with Gasteiger partial charge in [0.1, 0.15) is 5.82 Å². The first-order chi connectivity index (χ1) is 10.1. The minimum atomic E-state index is -0.427. The summed E-state index contributed by atoms with van der Waals surface area (Å²) in [5.74, 6) is 1.97. The summed E-state index contributed by atoms with van der Waals surface area (Å²) < 4.78 is 0. The molecular weight excluding hydrogens is 264 g/mol. The molecule has 0 aliphatic carbocycles. The maximum Gasteiger partial charge on any atom is 0.250 e. The van der Waals surface area contributed by atoms with Gasteiger partial charge in [-0.3, -0.25) is 4.79 Å². The number of carbonyl (C=O) groups is 1. The zero-order valence-electron chi connectivity index (χ0n) is 13.0. The Hall–Kier alpha value is -1.62. The number of amides is 1. The largest absolute Gasteiger partial charge is 0.366 e. The Balaban J connectivity index is 1.79. The number of aromatic nitrogens is 1. The van der Waals surface area contributed by atoms with Crippen molar-refractivity contribution in [2.24, 2.45) is 17.6 Å². The molecule has 116 valence electrons. The van der Waals surface area contributed by atoms with Crippen LogP contribution in [0.15, 0.2) is 18.3 Å². The number of primary amides is 1. The molecule has 0 saturated carbocycles. The number of carbonyl (C=O) groups excluding carboxylic acids is 1. The summed E-state index contributed by atoms with van der Waals surface area (Å²) in [6.45, 7) is 8.72. The first-order valence-electron chi connectivity index (χ1n) is 7.77. The molecule has 1 saturated heterocycles. The molecule has 1 aromatic heterocycles. The Morgan fingerprint density at radius 3 is 2.67 bits per heavy atom. The predicted molar refractivity (Wildman–Crippen MR) is 85.4 cm³/mol. The first-order valence-corrected chi connectivity index (χ1v) is 7.77. The smallest absolute Gasteiger partial charge is 0.250 e. The Bertz CT molecular complexity index is 450. The molecule has 1 fully saturated rings. The number of hydrogen-bond donors (Lipinski definition) is 2. The number of nitrogens with one attached hydrogen (secondary N) is 1. The minimum Gasteiger partial charge on any atom is -0.366 e. The average Bonchev–Trinajstić information content (AvgIpc) is 2.48. The lowest BCUT2D eigenvalue weighted by Crippen LogP contribution is -2.38. The molecule has 0 aromatic carbocycles. The van der Waals surface area contributed by atoms with Gasteiger partial charge in [-0.15, -0.1) is 0 Å². The molecule has 0 radical (unpaired) electrons. The van der Waals surface area contributed by atoms with Crippen molar-refractivity contribution in [3.05, 3.63) is 23.9 Å². The predicted octanol–water partition coefficient (Wildman–Crippen LogP) is 1.64. The van der Waals surface area contributed by atoms with E-state index in [0.717, 1.165) is 37.9 Å². The number of piperidine rings is 1. The van der Waals surface area contributed by atoms with Crippen molar-refractivity contribution in [1.29, 1.82) is 0 Å². The fourth-order valence-corrected chi connectivity index (χ4v) is 2.66. The maximum atomic E-state index is 11.0. The highest BCUT2D eigenvalue weighted by molar-refractivity contribution is 5.92. The van der Waals surface area contributed by atoms with E-state index in [1.807, 2.05) is 6.07 Å². The Kier molecular flexibility index (Phi) is 5.56. The topological polar surface area (TPSA) is 71.2 Å². The molecule has 1 aliphatic rings. The quantitative estimate of drug-likeness (QED) is 0.835. The first kappa shape index (κ1) is 15.8. The molecule has 0 spiro atoms. The van der Waals surface area contributed by atoms with E-state index >= 15 is 0 Å². The third-order valence-electron chi connectivity index (χ3n) is 3.96. The molecule has 0 unspecified atom stereocenters. The maximum absolute atomic E-state index is 11.0. The van der Waals surface area contributed by atoms with E-state index in [1.165, 1.54) is 12.8 Å². The molecule has 5 nitrogen and oxygen atoms in total. The summed E-state index contributed by atoms with van der Waals surface area (Å²) in [6.07, 6.45) is 3.93. The van der Waals surface area contributed by atoms with E-state index in [-0.39, 0.29) is 0 Å². The highest BCUT2D eigenvalue weighted by atomic mass is 16.1. The average molecular weight is 290 g/mol. The van der Waals surface area contributed by atoms with Crippen LogP contribution in [0, 0.1) is 11.8 Å². The van der Waals surface area contributed by atoms with Crippen LogP contribution in [0.4, 0.5) is 5.82 Å². The third kappa shape index (κ3) is 4.70. The van der Waals surface area contributed by atoms with Crippen molar-refractivity contribution in [3.8, 4) is 0 Å². The van der Waals surface area contributed by atoms with Crippen molar-refractivity contribution in [1.82, 2.24) is 10.3 Å². The Morgan fingerprint density at radius 1 is 1.43 bits per heavy atom. The fraction of sp³-hybridized carbons (Fsp3) is 0.625. The zero-order valence-corrected chi connectivity index (χ0v) is 13.0. The molecule has 3 N–H and O–H groups in total. The van der Waals surface area contributed by atoms with E-state index in [4.69, 9.17) is 5.73 Å². The van der Waals surface area contributed by atoms with E-state index in [0.29, 0.717) is 11.5 Å². The minimum absolute atomic E-state index is 0.427. The zero-order chi connectivity index (χ0) is 15.2. The van der Waals surface area contributed by atoms with Gasteiger partial charge in [0.2, 0.25) is 5.91 Å². The van der Waals surface area contributed by atoms with E-state index in [2.05, 4.69) is 29.0 Å². The van der Waals surface area contributed by atoms with E-state index < -0.39 is 5.91 Å². The standard InChI is InChI=1S/C16H26N4O/c1-12(2)9-18-10-13-5-7-20(8-6-13)15-4-3-14(11-19-15)16(17)21/h3-4,11-13,18H,5-10H2,1-2H3,(H2,17,21). The monoisotopic (exact) mass is 290 g/mol.